The second-order valence-electron chi connectivity index (χ2n) is 7.26. The highest BCUT2D eigenvalue weighted by atomic mass is 35.5. The summed E-state index contributed by atoms with van der Waals surface area (Å²) < 4.78 is 0. The number of rotatable bonds is 3. The largest absolute Gasteiger partial charge is 0.339 e. The van der Waals surface area contributed by atoms with Crippen molar-refractivity contribution in [3.05, 3.63) is 70.4 Å². The van der Waals surface area contributed by atoms with Crippen LogP contribution in [0.2, 0.25) is 5.02 Å². The maximum absolute atomic E-state index is 12.7. The Bertz CT molecular complexity index is 1010. The number of carbonyl (C=O) groups excluding carboxylic acids is 2. The molecule has 2 aliphatic rings. The molecule has 0 atom stereocenters. The van der Waals surface area contributed by atoms with E-state index >= 15 is 0 Å². The Kier molecular flexibility index (Phi) is 5.76. The van der Waals surface area contributed by atoms with Gasteiger partial charge in [-0.25, -0.2) is 4.98 Å². The Morgan fingerprint density at radius 3 is 2.93 bits per heavy atom. The molecule has 0 saturated heterocycles. The van der Waals surface area contributed by atoms with Gasteiger partial charge in [0.15, 0.2) is 0 Å². The highest BCUT2D eigenvalue weighted by Crippen LogP contribution is 2.25. The van der Waals surface area contributed by atoms with Crippen LogP contribution in [0.1, 0.15) is 36.0 Å². The molecule has 6 heteroatoms. The Morgan fingerprint density at radius 1 is 1.17 bits per heavy atom. The van der Waals surface area contributed by atoms with E-state index in [4.69, 9.17) is 11.6 Å². The van der Waals surface area contributed by atoms with E-state index in [1.54, 1.807) is 18.3 Å². The van der Waals surface area contributed by atoms with Crippen molar-refractivity contribution in [2.24, 2.45) is 0 Å². The van der Waals surface area contributed by atoms with Crippen LogP contribution in [0.25, 0.3) is 11.6 Å². The van der Waals surface area contributed by atoms with Crippen LogP contribution in [-0.4, -0.2) is 34.8 Å². The molecule has 1 N–H and O–H groups in total. The maximum Gasteiger partial charge on any atom is 0.246 e. The van der Waals surface area contributed by atoms with Crippen LogP contribution in [0.15, 0.2) is 48.7 Å². The topological polar surface area (TPSA) is 62.3 Å². The van der Waals surface area contributed by atoms with Crippen molar-refractivity contribution in [2.75, 3.05) is 18.4 Å². The number of benzene rings is 1. The monoisotopic (exact) mass is 407 g/mol. The average molecular weight is 408 g/mol. The van der Waals surface area contributed by atoms with Crippen LogP contribution >= 0.6 is 11.6 Å². The van der Waals surface area contributed by atoms with E-state index in [9.17, 15) is 9.59 Å². The molecule has 0 spiro atoms. The van der Waals surface area contributed by atoms with Gasteiger partial charge in [0.2, 0.25) is 11.8 Å². The smallest absolute Gasteiger partial charge is 0.246 e. The highest BCUT2D eigenvalue weighted by Gasteiger charge is 2.17. The first kappa shape index (κ1) is 19.4. The first-order chi connectivity index (χ1) is 14.1. The second-order valence-corrected chi connectivity index (χ2v) is 7.70. The number of halogens is 1. The minimum absolute atomic E-state index is 0.00299. The number of nitrogens with zero attached hydrogens (tertiary/aromatic N) is 2. The molecule has 0 fully saturated rings. The Balaban J connectivity index is 1.39. The van der Waals surface area contributed by atoms with E-state index < -0.39 is 0 Å². The van der Waals surface area contributed by atoms with Gasteiger partial charge >= 0.3 is 0 Å². The van der Waals surface area contributed by atoms with E-state index in [0.29, 0.717) is 31.7 Å². The SMILES string of the molecule is O=C1CCc2cc(/C=C/C(=O)N3CCC=C(c4cccc(Cl)c4)CC3)cnc2N1. The van der Waals surface area contributed by atoms with Crippen LogP contribution in [-0.2, 0) is 16.0 Å². The summed E-state index contributed by atoms with van der Waals surface area (Å²) in [5, 5.41) is 3.49. The molecule has 0 saturated carbocycles. The molecule has 2 amide bonds. The van der Waals surface area contributed by atoms with Gasteiger partial charge in [-0.15, -0.1) is 0 Å². The van der Waals surface area contributed by atoms with Gasteiger partial charge in [0.1, 0.15) is 5.82 Å². The zero-order chi connectivity index (χ0) is 20.2. The summed E-state index contributed by atoms with van der Waals surface area (Å²) in [6.45, 7) is 1.37. The fraction of sp³-hybridized carbons (Fsp3) is 0.261. The molecule has 1 aromatic heterocycles. The fourth-order valence-corrected chi connectivity index (χ4v) is 3.86. The zero-order valence-corrected chi connectivity index (χ0v) is 16.8. The first-order valence-corrected chi connectivity index (χ1v) is 10.2. The minimum atomic E-state index is -0.00427. The normalized spacial score (nSPS) is 16.8. The summed E-state index contributed by atoms with van der Waals surface area (Å²) in [6.07, 6.45) is 10.0. The van der Waals surface area contributed by atoms with E-state index in [0.717, 1.165) is 34.6 Å². The molecule has 2 aliphatic heterocycles. The molecule has 29 heavy (non-hydrogen) atoms. The number of amides is 2. The molecule has 4 rings (SSSR count). The lowest BCUT2D eigenvalue weighted by Gasteiger charge is -2.19. The molecule has 5 nitrogen and oxygen atoms in total. The van der Waals surface area contributed by atoms with E-state index in [1.807, 2.05) is 29.2 Å². The Hall–Kier alpha value is -2.92. The van der Waals surface area contributed by atoms with Gasteiger partial charge in [-0.2, -0.15) is 0 Å². The lowest BCUT2D eigenvalue weighted by molar-refractivity contribution is -0.125. The highest BCUT2D eigenvalue weighted by molar-refractivity contribution is 6.30. The number of hydrogen-bond donors (Lipinski definition) is 1. The number of nitrogens with one attached hydrogen (secondary N) is 1. The summed E-state index contributed by atoms with van der Waals surface area (Å²) in [6, 6.07) is 9.82. The molecule has 3 heterocycles. The van der Waals surface area contributed by atoms with Crippen molar-refractivity contribution >= 4 is 40.9 Å². The molecule has 1 aromatic carbocycles. The second kappa shape index (κ2) is 8.62. The van der Waals surface area contributed by atoms with E-state index in [2.05, 4.69) is 22.4 Å². The third kappa shape index (κ3) is 4.74. The summed E-state index contributed by atoms with van der Waals surface area (Å²) >= 11 is 6.11. The molecule has 2 aromatic rings. The van der Waals surface area contributed by atoms with Gasteiger partial charge in [-0.3, -0.25) is 9.59 Å². The number of aromatic nitrogens is 1. The van der Waals surface area contributed by atoms with E-state index in [1.165, 1.54) is 5.57 Å². The van der Waals surface area contributed by atoms with Crippen LogP contribution in [0.4, 0.5) is 5.82 Å². The van der Waals surface area contributed by atoms with Crippen molar-refractivity contribution in [3.63, 3.8) is 0 Å². The lowest BCUT2D eigenvalue weighted by atomic mass is 10.0. The van der Waals surface area contributed by atoms with Crippen molar-refractivity contribution < 1.29 is 9.59 Å². The van der Waals surface area contributed by atoms with Gasteiger partial charge in [0.05, 0.1) is 0 Å². The third-order valence-corrected chi connectivity index (χ3v) is 5.47. The Labute approximate surface area is 175 Å². The van der Waals surface area contributed by atoms with Gasteiger partial charge in [0.25, 0.3) is 0 Å². The summed E-state index contributed by atoms with van der Waals surface area (Å²) in [5.41, 5.74) is 4.22. The van der Waals surface area contributed by atoms with Crippen LogP contribution in [0, 0.1) is 0 Å². The molecular formula is C23H22ClN3O2. The van der Waals surface area contributed by atoms with Crippen LogP contribution in [0.3, 0.4) is 0 Å². The predicted molar refractivity (Wildman–Crippen MR) is 115 cm³/mol. The number of hydrogen-bond acceptors (Lipinski definition) is 3. The van der Waals surface area contributed by atoms with Crippen LogP contribution in [0.5, 0.6) is 0 Å². The van der Waals surface area contributed by atoms with Gasteiger partial charge < -0.3 is 10.2 Å². The standard InChI is InChI=1S/C23H22ClN3O2/c24-20-5-1-3-18(14-20)17-4-2-11-27(12-10-17)22(29)9-6-16-13-19-7-8-21(28)26-23(19)25-15-16/h1,3-6,9,13-15H,2,7-8,10-12H2,(H,25,26,28)/b9-6+. The molecular weight excluding hydrogens is 386 g/mol. The molecule has 148 valence electrons. The zero-order valence-electron chi connectivity index (χ0n) is 16.0. The Morgan fingerprint density at radius 2 is 2.07 bits per heavy atom. The summed E-state index contributed by atoms with van der Waals surface area (Å²) in [7, 11) is 0. The molecule has 0 unspecified atom stereocenters. The average Bonchev–Trinajstić information content (AvgIpc) is 2.98. The predicted octanol–water partition coefficient (Wildman–Crippen LogP) is 4.34. The first-order valence-electron chi connectivity index (χ1n) is 9.79. The van der Waals surface area contributed by atoms with Crippen molar-refractivity contribution in [1.82, 2.24) is 9.88 Å². The van der Waals surface area contributed by atoms with Gasteiger partial charge in [0, 0.05) is 36.8 Å². The minimum Gasteiger partial charge on any atom is -0.339 e. The molecule has 0 bridgehead atoms. The van der Waals surface area contributed by atoms with Crippen molar-refractivity contribution in [3.8, 4) is 0 Å². The maximum atomic E-state index is 12.7. The van der Waals surface area contributed by atoms with Crippen LogP contribution < -0.4 is 5.32 Å². The summed E-state index contributed by atoms with van der Waals surface area (Å²) in [4.78, 5) is 30.3. The van der Waals surface area contributed by atoms with Gasteiger partial charge in [-0.05, 0) is 65.8 Å². The van der Waals surface area contributed by atoms with Crippen molar-refractivity contribution in [1.29, 1.82) is 0 Å². The van der Waals surface area contributed by atoms with E-state index in [-0.39, 0.29) is 11.8 Å². The number of anilines is 1. The third-order valence-electron chi connectivity index (χ3n) is 5.23. The summed E-state index contributed by atoms with van der Waals surface area (Å²) in [5.74, 6) is 0.615. The lowest BCUT2D eigenvalue weighted by Crippen LogP contribution is -2.30. The number of carbonyl (C=O) groups is 2. The fourth-order valence-electron chi connectivity index (χ4n) is 3.67. The van der Waals surface area contributed by atoms with Crippen molar-refractivity contribution in [2.45, 2.75) is 25.7 Å². The number of aryl methyl sites for hydroxylation is 1. The number of pyridine rings is 1. The van der Waals surface area contributed by atoms with Gasteiger partial charge in [-0.1, -0.05) is 29.8 Å². The molecule has 0 radical (unpaired) electrons. The quantitative estimate of drug-likeness (QED) is 0.770. The number of fused-ring (bicyclic) bond motifs is 1. The molecule has 0 aliphatic carbocycles.